The SMILES string of the molecule is CCCn1c(O)c(C=Nc2ccc(Br)cc2)c(C)c(C#N)c1=O. The lowest BCUT2D eigenvalue weighted by molar-refractivity contribution is 0.403. The van der Waals surface area contributed by atoms with Gasteiger partial charge in [-0.15, -0.1) is 0 Å². The summed E-state index contributed by atoms with van der Waals surface area (Å²) in [5.41, 5.74) is 1.10. The lowest BCUT2D eigenvalue weighted by atomic mass is 10.1. The molecule has 0 bridgehead atoms. The van der Waals surface area contributed by atoms with Gasteiger partial charge in [-0.2, -0.15) is 5.26 Å². The highest BCUT2D eigenvalue weighted by atomic mass is 79.9. The van der Waals surface area contributed by atoms with E-state index in [1.165, 1.54) is 10.8 Å². The predicted octanol–water partition coefficient (Wildman–Crippen LogP) is 3.66. The number of aliphatic imine (C=N–C) groups is 1. The fourth-order valence-electron chi connectivity index (χ4n) is 2.22. The highest BCUT2D eigenvalue weighted by molar-refractivity contribution is 9.10. The molecule has 23 heavy (non-hydrogen) atoms. The normalized spacial score (nSPS) is 10.9. The Kier molecular flexibility index (Phi) is 5.35. The van der Waals surface area contributed by atoms with Gasteiger partial charge in [0, 0.05) is 17.2 Å². The Hall–Kier alpha value is -2.39. The minimum absolute atomic E-state index is 0.0357. The van der Waals surface area contributed by atoms with E-state index < -0.39 is 5.56 Å². The van der Waals surface area contributed by atoms with E-state index in [2.05, 4.69) is 20.9 Å². The van der Waals surface area contributed by atoms with E-state index in [1.54, 1.807) is 6.92 Å². The van der Waals surface area contributed by atoms with Crippen LogP contribution in [-0.4, -0.2) is 15.9 Å². The maximum atomic E-state index is 12.2. The molecule has 118 valence electrons. The van der Waals surface area contributed by atoms with Gasteiger partial charge in [0.15, 0.2) is 0 Å². The molecule has 0 amide bonds. The zero-order valence-electron chi connectivity index (χ0n) is 12.9. The third kappa shape index (κ3) is 3.51. The Balaban J connectivity index is 2.57. The molecular weight excluding hydrogens is 358 g/mol. The van der Waals surface area contributed by atoms with Gasteiger partial charge in [-0.05, 0) is 43.2 Å². The Bertz CT molecular complexity index is 846. The van der Waals surface area contributed by atoms with Crippen molar-refractivity contribution in [1.29, 1.82) is 5.26 Å². The molecule has 0 aliphatic heterocycles. The first-order chi connectivity index (χ1) is 11.0. The second-order valence-electron chi connectivity index (χ2n) is 5.04. The molecule has 0 aliphatic rings. The summed E-state index contributed by atoms with van der Waals surface area (Å²) >= 11 is 3.35. The summed E-state index contributed by atoms with van der Waals surface area (Å²) in [5.74, 6) is -0.158. The van der Waals surface area contributed by atoms with Crippen LogP contribution >= 0.6 is 15.9 Å². The van der Waals surface area contributed by atoms with E-state index in [0.717, 1.165) is 4.47 Å². The van der Waals surface area contributed by atoms with Gasteiger partial charge in [-0.3, -0.25) is 14.4 Å². The number of hydrogen-bond donors (Lipinski definition) is 1. The molecule has 0 unspecified atom stereocenters. The molecule has 0 spiro atoms. The number of aromatic hydroxyl groups is 1. The average Bonchev–Trinajstić information content (AvgIpc) is 2.53. The Morgan fingerprint density at radius 1 is 1.39 bits per heavy atom. The number of hydrogen-bond acceptors (Lipinski definition) is 4. The van der Waals surface area contributed by atoms with Crippen LogP contribution in [0, 0.1) is 18.3 Å². The third-order valence-electron chi connectivity index (χ3n) is 3.46. The van der Waals surface area contributed by atoms with Crippen molar-refractivity contribution < 1.29 is 5.11 Å². The highest BCUT2D eigenvalue weighted by Gasteiger charge is 2.17. The van der Waals surface area contributed by atoms with Crippen LogP contribution in [0.25, 0.3) is 0 Å². The van der Waals surface area contributed by atoms with E-state index >= 15 is 0 Å². The molecule has 1 aromatic heterocycles. The molecule has 0 fully saturated rings. The molecule has 1 N–H and O–H groups in total. The minimum Gasteiger partial charge on any atom is -0.494 e. The second-order valence-corrected chi connectivity index (χ2v) is 5.96. The predicted molar refractivity (Wildman–Crippen MR) is 93.5 cm³/mol. The fraction of sp³-hybridized carbons (Fsp3) is 0.235. The van der Waals surface area contributed by atoms with Gasteiger partial charge in [0.05, 0.1) is 11.3 Å². The van der Waals surface area contributed by atoms with Crippen molar-refractivity contribution in [3.05, 3.63) is 55.8 Å². The minimum atomic E-state index is -0.467. The van der Waals surface area contributed by atoms with Crippen molar-refractivity contribution in [2.45, 2.75) is 26.8 Å². The number of aromatic nitrogens is 1. The Morgan fingerprint density at radius 2 is 2.04 bits per heavy atom. The summed E-state index contributed by atoms with van der Waals surface area (Å²) in [6.07, 6.45) is 2.16. The van der Waals surface area contributed by atoms with E-state index in [-0.39, 0.29) is 11.4 Å². The van der Waals surface area contributed by atoms with Crippen LogP contribution in [0.5, 0.6) is 5.88 Å². The fourth-order valence-corrected chi connectivity index (χ4v) is 2.49. The van der Waals surface area contributed by atoms with Crippen molar-refractivity contribution in [2.75, 3.05) is 0 Å². The number of nitriles is 1. The van der Waals surface area contributed by atoms with Crippen LogP contribution in [-0.2, 0) is 6.54 Å². The molecule has 0 atom stereocenters. The number of benzene rings is 1. The standard InChI is InChI=1S/C17H16BrN3O2/c1-3-8-21-16(22)14(9-19)11(2)15(17(21)23)10-20-13-6-4-12(18)5-7-13/h4-7,10,23H,3,8H2,1-2H3. The van der Waals surface area contributed by atoms with E-state index in [4.69, 9.17) is 0 Å². The summed E-state index contributed by atoms with van der Waals surface area (Å²) < 4.78 is 2.16. The number of pyridine rings is 1. The van der Waals surface area contributed by atoms with Gasteiger partial charge >= 0.3 is 0 Å². The zero-order chi connectivity index (χ0) is 17.0. The number of nitrogens with zero attached hydrogens (tertiary/aromatic N) is 3. The van der Waals surface area contributed by atoms with E-state index in [0.29, 0.717) is 29.8 Å². The lowest BCUT2D eigenvalue weighted by Crippen LogP contribution is -2.25. The molecule has 0 saturated carbocycles. The number of halogens is 1. The van der Waals surface area contributed by atoms with Crippen LogP contribution in [0.4, 0.5) is 5.69 Å². The lowest BCUT2D eigenvalue weighted by Gasteiger charge is -2.13. The molecule has 2 rings (SSSR count). The van der Waals surface area contributed by atoms with Crippen molar-refractivity contribution in [3.63, 3.8) is 0 Å². The summed E-state index contributed by atoms with van der Waals surface area (Å²) in [6, 6.07) is 9.28. The van der Waals surface area contributed by atoms with Gasteiger partial charge in [-0.25, -0.2) is 0 Å². The molecule has 5 nitrogen and oxygen atoms in total. The van der Waals surface area contributed by atoms with Crippen LogP contribution < -0.4 is 5.56 Å². The van der Waals surface area contributed by atoms with Gasteiger partial charge < -0.3 is 5.11 Å². The maximum absolute atomic E-state index is 12.2. The first kappa shape index (κ1) is 17.0. The van der Waals surface area contributed by atoms with Gasteiger partial charge in [0.2, 0.25) is 5.88 Å². The summed E-state index contributed by atoms with van der Waals surface area (Å²) in [5, 5.41) is 19.6. The van der Waals surface area contributed by atoms with Crippen LogP contribution in [0.1, 0.15) is 30.0 Å². The molecule has 6 heteroatoms. The van der Waals surface area contributed by atoms with Crippen LogP contribution in [0.15, 0.2) is 38.5 Å². The quantitative estimate of drug-likeness (QED) is 0.830. The second kappa shape index (κ2) is 7.25. The third-order valence-corrected chi connectivity index (χ3v) is 3.99. The van der Waals surface area contributed by atoms with Crippen molar-refractivity contribution in [2.24, 2.45) is 4.99 Å². The van der Waals surface area contributed by atoms with Crippen molar-refractivity contribution in [3.8, 4) is 11.9 Å². The molecule has 2 aromatic rings. The van der Waals surface area contributed by atoms with Crippen LogP contribution in [0.3, 0.4) is 0 Å². The smallest absolute Gasteiger partial charge is 0.271 e. The van der Waals surface area contributed by atoms with Crippen molar-refractivity contribution >= 4 is 27.8 Å². The first-order valence-electron chi connectivity index (χ1n) is 7.15. The topological polar surface area (TPSA) is 78.4 Å². The Labute approximate surface area is 142 Å². The number of rotatable bonds is 4. The van der Waals surface area contributed by atoms with E-state index in [9.17, 15) is 15.2 Å². The average molecular weight is 374 g/mol. The summed E-state index contributed by atoms with van der Waals surface area (Å²) in [4.78, 5) is 16.5. The largest absolute Gasteiger partial charge is 0.494 e. The van der Waals surface area contributed by atoms with Crippen LogP contribution in [0.2, 0.25) is 0 Å². The van der Waals surface area contributed by atoms with Crippen molar-refractivity contribution in [1.82, 2.24) is 4.57 Å². The first-order valence-corrected chi connectivity index (χ1v) is 7.95. The Morgan fingerprint density at radius 3 is 2.61 bits per heavy atom. The molecule has 1 aromatic carbocycles. The maximum Gasteiger partial charge on any atom is 0.271 e. The van der Waals surface area contributed by atoms with E-state index in [1.807, 2.05) is 37.3 Å². The molecular formula is C17H16BrN3O2. The van der Waals surface area contributed by atoms with Gasteiger partial charge in [0.25, 0.3) is 5.56 Å². The molecule has 0 aliphatic carbocycles. The zero-order valence-corrected chi connectivity index (χ0v) is 14.5. The van der Waals surface area contributed by atoms with Gasteiger partial charge in [0.1, 0.15) is 11.6 Å². The molecule has 0 saturated heterocycles. The monoisotopic (exact) mass is 373 g/mol. The molecule has 1 heterocycles. The summed E-state index contributed by atoms with van der Waals surface area (Å²) in [7, 11) is 0. The molecule has 0 radical (unpaired) electrons. The highest BCUT2D eigenvalue weighted by Crippen LogP contribution is 2.22. The summed E-state index contributed by atoms with van der Waals surface area (Å²) in [6.45, 7) is 3.88. The van der Waals surface area contributed by atoms with Gasteiger partial charge in [-0.1, -0.05) is 22.9 Å².